The molecule has 1 aromatic heterocycles. The van der Waals surface area contributed by atoms with Crippen LogP contribution in [0, 0.1) is 5.82 Å². The third-order valence-electron chi connectivity index (χ3n) is 3.17. The van der Waals surface area contributed by atoms with E-state index in [0.717, 1.165) is 23.0 Å². The molecule has 2 aromatic rings. The number of halogens is 1. The maximum Gasteiger partial charge on any atom is 0.135 e. The van der Waals surface area contributed by atoms with E-state index in [-0.39, 0.29) is 5.82 Å². The molecule has 2 heterocycles. The van der Waals surface area contributed by atoms with Crippen molar-refractivity contribution in [2.24, 2.45) is 0 Å². The number of rotatable bonds is 3. The lowest BCUT2D eigenvalue weighted by molar-refractivity contribution is 0.612. The van der Waals surface area contributed by atoms with E-state index < -0.39 is 0 Å². The summed E-state index contributed by atoms with van der Waals surface area (Å²) in [5, 5.41) is 3.11. The van der Waals surface area contributed by atoms with Crippen LogP contribution in [0.3, 0.4) is 0 Å². The first-order chi connectivity index (χ1) is 9.28. The fraction of sp³-hybridized carbons (Fsp3) is 0.286. The van der Waals surface area contributed by atoms with Crippen molar-refractivity contribution in [2.75, 3.05) is 12.4 Å². The second-order valence-corrected chi connectivity index (χ2v) is 5.41. The van der Waals surface area contributed by atoms with Gasteiger partial charge in [-0.1, -0.05) is 18.2 Å². The van der Waals surface area contributed by atoms with Gasteiger partial charge < -0.3 is 5.32 Å². The van der Waals surface area contributed by atoms with Crippen LogP contribution < -0.4 is 5.32 Å². The molecule has 0 fully saturated rings. The predicted molar refractivity (Wildman–Crippen MR) is 75.8 cm³/mol. The van der Waals surface area contributed by atoms with Gasteiger partial charge in [0.15, 0.2) is 0 Å². The number of thioether (sulfide) groups is 1. The second kappa shape index (κ2) is 5.17. The number of nitrogens with one attached hydrogen (secondary N) is 1. The molecule has 0 bridgehead atoms. The Balaban J connectivity index is 1.96. The summed E-state index contributed by atoms with van der Waals surface area (Å²) < 4.78 is 13.7. The number of fused-ring (bicyclic) bond motifs is 1. The standard InChI is InChI=1S/C14H14FN3S/c1-16-14-10-7-19-8-12(10)17-13(18-14)6-9-4-2-3-5-11(9)15/h2-5H,6-8H2,1H3,(H,16,17,18). The third kappa shape index (κ3) is 2.42. The van der Waals surface area contributed by atoms with E-state index in [1.165, 1.54) is 11.6 Å². The van der Waals surface area contributed by atoms with Gasteiger partial charge in [-0.25, -0.2) is 14.4 Å². The fourth-order valence-electron chi connectivity index (χ4n) is 2.20. The van der Waals surface area contributed by atoms with E-state index in [9.17, 15) is 4.39 Å². The summed E-state index contributed by atoms with van der Waals surface area (Å²) in [7, 11) is 1.86. The zero-order chi connectivity index (χ0) is 13.2. The van der Waals surface area contributed by atoms with Gasteiger partial charge in [-0.15, -0.1) is 0 Å². The SMILES string of the molecule is CNc1nc(Cc2ccccc2F)nc2c1CSC2. The molecule has 0 unspecified atom stereocenters. The van der Waals surface area contributed by atoms with Crippen molar-refractivity contribution in [2.45, 2.75) is 17.9 Å². The van der Waals surface area contributed by atoms with Crippen LogP contribution in [0.4, 0.5) is 10.2 Å². The van der Waals surface area contributed by atoms with Crippen LogP contribution in [-0.2, 0) is 17.9 Å². The summed E-state index contributed by atoms with van der Waals surface area (Å²) in [4.78, 5) is 9.06. The molecule has 19 heavy (non-hydrogen) atoms. The fourth-order valence-corrected chi connectivity index (χ4v) is 3.24. The van der Waals surface area contributed by atoms with Crippen molar-refractivity contribution in [1.29, 1.82) is 0 Å². The van der Waals surface area contributed by atoms with E-state index >= 15 is 0 Å². The van der Waals surface area contributed by atoms with Crippen molar-refractivity contribution in [3.8, 4) is 0 Å². The molecule has 1 aliphatic heterocycles. The molecule has 0 saturated carbocycles. The van der Waals surface area contributed by atoms with Crippen molar-refractivity contribution >= 4 is 17.6 Å². The van der Waals surface area contributed by atoms with Crippen LogP contribution in [0.1, 0.15) is 22.6 Å². The van der Waals surface area contributed by atoms with Gasteiger partial charge in [-0.2, -0.15) is 11.8 Å². The maximum atomic E-state index is 13.7. The average Bonchev–Trinajstić information content (AvgIpc) is 2.89. The van der Waals surface area contributed by atoms with Crippen molar-refractivity contribution in [3.05, 3.63) is 52.7 Å². The second-order valence-electron chi connectivity index (χ2n) is 4.42. The highest BCUT2D eigenvalue weighted by Gasteiger charge is 2.19. The molecular weight excluding hydrogens is 261 g/mol. The van der Waals surface area contributed by atoms with Gasteiger partial charge in [0.25, 0.3) is 0 Å². The van der Waals surface area contributed by atoms with Gasteiger partial charge in [-0.05, 0) is 11.6 Å². The van der Waals surface area contributed by atoms with E-state index in [1.54, 1.807) is 12.1 Å². The summed E-state index contributed by atoms with van der Waals surface area (Å²) in [6, 6.07) is 6.77. The Morgan fingerprint density at radius 2 is 2.11 bits per heavy atom. The first-order valence-corrected chi connectivity index (χ1v) is 7.31. The Morgan fingerprint density at radius 1 is 1.26 bits per heavy atom. The number of benzene rings is 1. The van der Waals surface area contributed by atoms with Crippen LogP contribution in [0.5, 0.6) is 0 Å². The smallest absolute Gasteiger partial charge is 0.135 e. The van der Waals surface area contributed by atoms with Gasteiger partial charge in [0.1, 0.15) is 17.5 Å². The van der Waals surface area contributed by atoms with E-state index in [2.05, 4.69) is 15.3 Å². The van der Waals surface area contributed by atoms with Crippen LogP contribution in [-0.4, -0.2) is 17.0 Å². The van der Waals surface area contributed by atoms with E-state index in [0.29, 0.717) is 17.8 Å². The molecule has 0 amide bonds. The third-order valence-corrected chi connectivity index (χ3v) is 4.14. The number of anilines is 1. The zero-order valence-corrected chi connectivity index (χ0v) is 11.4. The number of hydrogen-bond acceptors (Lipinski definition) is 4. The summed E-state index contributed by atoms with van der Waals surface area (Å²) in [5.41, 5.74) is 2.90. The van der Waals surface area contributed by atoms with Gasteiger partial charge >= 0.3 is 0 Å². The molecule has 0 spiro atoms. The molecule has 3 rings (SSSR count). The average molecular weight is 275 g/mol. The zero-order valence-electron chi connectivity index (χ0n) is 10.6. The van der Waals surface area contributed by atoms with Gasteiger partial charge in [0.05, 0.1) is 5.69 Å². The predicted octanol–water partition coefficient (Wildman–Crippen LogP) is 3.00. The highest BCUT2D eigenvalue weighted by molar-refractivity contribution is 7.98. The Hall–Kier alpha value is -1.62. The Labute approximate surface area is 115 Å². The first kappa shape index (κ1) is 12.4. The Bertz CT molecular complexity index is 616. The summed E-state index contributed by atoms with van der Waals surface area (Å²) >= 11 is 1.83. The Morgan fingerprint density at radius 3 is 2.89 bits per heavy atom. The van der Waals surface area contributed by atoms with Crippen LogP contribution in [0.2, 0.25) is 0 Å². The molecule has 1 N–H and O–H groups in total. The van der Waals surface area contributed by atoms with E-state index in [4.69, 9.17) is 0 Å². The molecule has 0 atom stereocenters. The molecule has 5 heteroatoms. The van der Waals surface area contributed by atoms with Crippen LogP contribution >= 0.6 is 11.8 Å². The molecule has 0 saturated heterocycles. The lowest BCUT2D eigenvalue weighted by atomic mass is 10.1. The van der Waals surface area contributed by atoms with Crippen molar-refractivity contribution in [3.63, 3.8) is 0 Å². The Kier molecular flexibility index (Phi) is 3.38. The molecule has 1 aliphatic rings. The van der Waals surface area contributed by atoms with Gasteiger partial charge in [-0.3, -0.25) is 0 Å². The molecule has 1 aromatic carbocycles. The molecule has 98 valence electrons. The largest absolute Gasteiger partial charge is 0.373 e. The maximum absolute atomic E-state index is 13.7. The monoisotopic (exact) mass is 275 g/mol. The van der Waals surface area contributed by atoms with Crippen molar-refractivity contribution in [1.82, 2.24) is 9.97 Å². The number of aromatic nitrogens is 2. The summed E-state index contributed by atoms with van der Waals surface area (Å²) in [6.07, 6.45) is 0.430. The highest BCUT2D eigenvalue weighted by Crippen LogP contribution is 2.32. The normalized spacial score (nSPS) is 13.4. The van der Waals surface area contributed by atoms with Crippen LogP contribution in [0.15, 0.2) is 24.3 Å². The lowest BCUT2D eigenvalue weighted by Crippen LogP contribution is -2.07. The lowest BCUT2D eigenvalue weighted by Gasteiger charge is -2.09. The quantitative estimate of drug-likeness (QED) is 0.934. The van der Waals surface area contributed by atoms with Gasteiger partial charge in [0, 0.05) is 30.5 Å². The van der Waals surface area contributed by atoms with Crippen molar-refractivity contribution < 1.29 is 4.39 Å². The highest BCUT2D eigenvalue weighted by atomic mass is 32.2. The summed E-state index contributed by atoms with van der Waals surface area (Å²) in [6.45, 7) is 0. The van der Waals surface area contributed by atoms with E-state index in [1.807, 2.05) is 24.9 Å². The molecule has 0 aliphatic carbocycles. The number of nitrogens with zero attached hydrogens (tertiary/aromatic N) is 2. The molecular formula is C14H14FN3S. The number of hydrogen-bond donors (Lipinski definition) is 1. The minimum atomic E-state index is -0.202. The molecule has 0 radical (unpaired) electrons. The minimum Gasteiger partial charge on any atom is -0.373 e. The van der Waals surface area contributed by atoms with Crippen LogP contribution in [0.25, 0.3) is 0 Å². The first-order valence-electron chi connectivity index (χ1n) is 6.15. The van der Waals surface area contributed by atoms with Gasteiger partial charge in [0.2, 0.25) is 0 Å². The topological polar surface area (TPSA) is 37.8 Å². The summed E-state index contributed by atoms with van der Waals surface area (Å²) in [5.74, 6) is 3.21. The molecule has 3 nitrogen and oxygen atoms in total. The minimum absolute atomic E-state index is 0.202.